The minimum Gasteiger partial charge on any atom is -0.508 e. The Morgan fingerprint density at radius 3 is 2.83 bits per heavy atom. The van der Waals surface area contributed by atoms with Gasteiger partial charge in [-0.3, -0.25) is 4.68 Å². The molecular weight excluding hydrogens is 226 g/mol. The van der Waals surface area contributed by atoms with Crippen LogP contribution in [0.1, 0.15) is 23.7 Å². The van der Waals surface area contributed by atoms with Crippen molar-refractivity contribution in [1.29, 1.82) is 0 Å². The second-order valence-corrected chi connectivity index (χ2v) is 4.37. The molecule has 96 valence electrons. The molecule has 0 aliphatic heterocycles. The van der Waals surface area contributed by atoms with Gasteiger partial charge >= 0.3 is 0 Å². The van der Waals surface area contributed by atoms with Gasteiger partial charge in [0, 0.05) is 31.4 Å². The predicted molar refractivity (Wildman–Crippen MR) is 71.3 cm³/mol. The summed E-state index contributed by atoms with van der Waals surface area (Å²) in [5.41, 5.74) is 3.37. The smallest absolute Gasteiger partial charge is 0.115 e. The fraction of sp³-hybridized carbons (Fsp3) is 0.357. The third kappa shape index (κ3) is 3.11. The number of hydrogen-bond acceptors (Lipinski definition) is 3. The molecule has 1 heterocycles. The van der Waals surface area contributed by atoms with Gasteiger partial charge in [0.2, 0.25) is 0 Å². The lowest BCUT2D eigenvalue weighted by Crippen LogP contribution is -2.12. The van der Waals surface area contributed by atoms with E-state index in [-0.39, 0.29) is 0 Å². The average molecular weight is 245 g/mol. The van der Waals surface area contributed by atoms with Crippen LogP contribution in [0.15, 0.2) is 30.5 Å². The summed E-state index contributed by atoms with van der Waals surface area (Å²) in [5, 5.41) is 17.1. The zero-order valence-corrected chi connectivity index (χ0v) is 10.8. The zero-order valence-electron chi connectivity index (χ0n) is 10.8. The molecule has 0 bridgehead atoms. The van der Waals surface area contributed by atoms with Crippen molar-refractivity contribution in [2.45, 2.75) is 33.5 Å². The van der Waals surface area contributed by atoms with E-state index in [1.54, 1.807) is 12.1 Å². The van der Waals surface area contributed by atoms with E-state index in [1.165, 1.54) is 5.56 Å². The van der Waals surface area contributed by atoms with Crippen LogP contribution in [-0.4, -0.2) is 14.9 Å². The van der Waals surface area contributed by atoms with Crippen LogP contribution in [0, 0.1) is 6.92 Å². The van der Waals surface area contributed by atoms with Crippen LogP contribution in [0.25, 0.3) is 0 Å². The van der Waals surface area contributed by atoms with Crippen molar-refractivity contribution >= 4 is 0 Å². The molecule has 4 heteroatoms. The first-order valence-corrected chi connectivity index (χ1v) is 6.20. The minimum atomic E-state index is 0.310. The van der Waals surface area contributed by atoms with E-state index in [9.17, 15) is 5.11 Å². The molecule has 0 unspecified atom stereocenters. The van der Waals surface area contributed by atoms with Crippen LogP contribution in [0.5, 0.6) is 5.75 Å². The second-order valence-electron chi connectivity index (χ2n) is 4.37. The Morgan fingerprint density at radius 2 is 2.17 bits per heavy atom. The maximum Gasteiger partial charge on any atom is 0.115 e. The molecule has 0 radical (unpaired) electrons. The van der Waals surface area contributed by atoms with E-state index in [4.69, 9.17) is 0 Å². The van der Waals surface area contributed by atoms with Crippen LogP contribution in [0.4, 0.5) is 0 Å². The summed E-state index contributed by atoms with van der Waals surface area (Å²) >= 11 is 0. The maximum atomic E-state index is 9.37. The lowest BCUT2D eigenvalue weighted by Gasteiger charge is -2.04. The van der Waals surface area contributed by atoms with Crippen molar-refractivity contribution in [2.75, 3.05) is 0 Å². The number of aromatic nitrogens is 2. The van der Waals surface area contributed by atoms with Gasteiger partial charge in [-0.2, -0.15) is 5.10 Å². The van der Waals surface area contributed by atoms with Gasteiger partial charge in [-0.15, -0.1) is 0 Å². The topological polar surface area (TPSA) is 50.1 Å². The van der Waals surface area contributed by atoms with Gasteiger partial charge in [-0.1, -0.05) is 12.1 Å². The van der Waals surface area contributed by atoms with Crippen LogP contribution in [-0.2, 0) is 19.6 Å². The Hall–Kier alpha value is -1.81. The summed E-state index contributed by atoms with van der Waals surface area (Å²) in [6, 6.07) is 7.30. The number of aromatic hydroxyl groups is 1. The highest BCUT2D eigenvalue weighted by atomic mass is 16.3. The Labute approximate surface area is 107 Å². The number of aryl methyl sites for hydroxylation is 2. The van der Waals surface area contributed by atoms with Crippen molar-refractivity contribution in [3.63, 3.8) is 0 Å². The Kier molecular flexibility index (Phi) is 3.99. The molecule has 18 heavy (non-hydrogen) atoms. The van der Waals surface area contributed by atoms with Crippen molar-refractivity contribution in [1.82, 2.24) is 15.1 Å². The quantitative estimate of drug-likeness (QED) is 0.849. The molecule has 4 nitrogen and oxygen atoms in total. The molecule has 0 aliphatic rings. The number of phenols is 1. The number of nitrogens with zero attached hydrogens (tertiary/aromatic N) is 2. The first kappa shape index (κ1) is 12.6. The molecule has 2 N–H and O–H groups in total. The third-order valence-electron chi connectivity index (χ3n) is 2.93. The molecule has 1 aromatic carbocycles. The summed E-state index contributed by atoms with van der Waals surface area (Å²) in [6.07, 6.45) is 2.07. The van der Waals surface area contributed by atoms with Gasteiger partial charge in [0.25, 0.3) is 0 Å². The average Bonchev–Trinajstić information content (AvgIpc) is 2.71. The monoisotopic (exact) mass is 245 g/mol. The third-order valence-corrected chi connectivity index (χ3v) is 2.93. The van der Waals surface area contributed by atoms with Gasteiger partial charge in [0.05, 0.1) is 5.69 Å². The molecule has 0 amide bonds. The predicted octanol–water partition coefficient (Wildman–Crippen LogP) is 2.21. The van der Waals surface area contributed by atoms with Gasteiger partial charge in [-0.25, -0.2) is 0 Å². The van der Waals surface area contributed by atoms with E-state index in [0.717, 1.165) is 30.9 Å². The second kappa shape index (κ2) is 5.69. The summed E-state index contributed by atoms with van der Waals surface area (Å²) in [6.45, 7) is 6.54. The summed E-state index contributed by atoms with van der Waals surface area (Å²) in [5.74, 6) is 0.310. The Balaban J connectivity index is 1.90. The highest BCUT2D eigenvalue weighted by molar-refractivity contribution is 5.27. The molecule has 0 atom stereocenters. The number of nitrogens with one attached hydrogen (secondary N) is 1. The van der Waals surface area contributed by atoms with Gasteiger partial charge in [0.15, 0.2) is 0 Å². The van der Waals surface area contributed by atoms with Crippen molar-refractivity contribution < 1.29 is 5.11 Å². The Bertz CT molecular complexity index is 520. The van der Waals surface area contributed by atoms with Crippen LogP contribution in [0.3, 0.4) is 0 Å². The molecule has 0 aliphatic carbocycles. The fourth-order valence-corrected chi connectivity index (χ4v) is 1.90. The summed E-state index contributed by atoms with van der Waals surface area (Å²) < 4.78 is 1.95. The SMILES string of the molecule is CCn1cc(CNCc2cccc(O)c2)c(C)n1. The standard InChI is InChI=1S/C14H19N3O/c1-3-17-10-13(11(2)16-17)9-15-8-12-5-4-6-14(18)7-12/h4-7,10,15,18H,3,8-9H2,1-2H3. The van der Waals surface area contributed by atoms with Gasteiger partial charge in [-0.05, 0) is 31.5 Å². The minimum absolute atomic E-state index is 0.310. The maximum absolute atomic E-state index is 9.37. The largest absolute Gasteiger partial charge is 0.508 e. The van der Waals surface area contributed by atoms with E-state index in [1.807, 2.05) is 23.7 Å². The highest BCUT2D eigenvalue weighted by Crippen LogP contribution is 2.11. The molecule has 0 saturated carbocycles. The molecule has 0 spiro atoms. The molecule has 2 aromatic rings. The first-order chi connectivity index (χ1) is 8.69. The molecule has 2 rings (SSSR count). The van der Waals surface area contributed by atoms with E-state index in [0.29, 0.717) is 5.75 Å². The highest BCUT2D eigenvalue weighted by Gasteiger charge is 2.03. The van der Waals surface area contributed by atoms with Crippen LogP contribution in [0.2, 0.25) is 0 Å². The molecule has 1 aromatic heterocycles. The lowest BCUT2D eigenvalue weighted by molar-refractivity contribution is 0.474. The van der Waals surface area contributed by atoms with E-state index < -0.39 is 0 Å². The lowest BCUT2D eigenvalue weighted by atomic mass is 10.2. The van der Waals surface area contributed by atoms with Crippen molar-refractivity contribution in [2.24, 2.45) is 0 Å². The number of benzene rings is 1. The fourth-order valence-electron chi connectivity index (χ4n) is 1.90. The summed E-state index contributed by atoms with van der Waals surface area (Å²) in [4.78, 5) is 0. The van der Waals surface area contributed by atoms with Crippen molar-refractivity contribution in [3.05, 3.63) is 47.3 Å². The first-order valence-electron chi connectivity index (χ1n) is 6.20. The van der Waals surface area contributed by atoms with Crippen molar-refractivity contribution in [3.8, 4) is 5.75 Å². The Morgan fingerprint density at radius 1 is 1.33 bits per heavy atom. The van der Waals surface area contributed by atoms with Crippen LogP contribution < -0.4 is 5.32 Å². The number of rotatable bonds is 5. The summed E-state index contributed by atoms with van der Waals surface area (Å²) in [7, 11) is 0. The molecule has 0 saturated heterocycles. The zero-order chi connectivity index (χ0) is 13.0. The normalized spacial score (nSPS) is 10.8. The number of phenolic OH excluding ortho intramolecular Hbond substituents is 1. The van der Waals surface area contributed by atoms with E-state index >= 15 is 0 Å². The van der Waals surface area contributed by atoms with E-state index in [2.05, 4.69) is 23.5 Å². The van der Waals surface area contributed by atoms with Gasteiger partial charge in [0.1, 0.15) is 5.75 Å². The van der Waals surface area contributed by atoms with Gasteiger partial charge < -0.3 is 10.4 Å². The van der Waals surface area contributed by atoms with Crippen LogP contribution >= 0.6 is 0 Å². The molecular formula is C14H19N3O. The molecule has 0 fully saturated rings. The number of hydrogen-bond donors (Lipinski definition) is 2.